The van der Waals surface area contributed by atoms with E-state index in [1.807, 2.05) is 24.1 Å². The molecule has 19 heavy (non-hydrogen) atoms. The minimum atomic E-state index is -0.0282. The van der Waals surface area contributed by atoms with Gasteiger partial charge in [-0.3, -0.25) is 14.7 Å². The molecule has 3 nitrogen and oxygen atoms in total. The number of ketones is 1. The number of likely N-dealkylation sites (N-methyl/N-ethyl adjacent to an activating group) is 1. The van der Waals surface area contributed by atoms with Gasteiger partial charge in [0, 0.05) is 18.9 Å². The number of nitrogens with zero attached hydrogens (tertiary/aromatic N) is 2. The zero-order valence-corrected chi connectivity index (χ0v) is 12.6. The monoisotopic (exact) mass is 314 g/mol. The molecule has 0 N–H and O–H groups in total. The molecule has 0 aliphatic rings. The van der Waals surface area contributed by atoms with Crippen LogP contribution >= 0.6 is 34.5 Å². The average molecular weight is 315 g/mol. The van der Waals surface area contributed by atoms with E-state index in [-0.39, 0.29) is 5.78 Å². The van der Waals surface area contributed by atoms with Crippen LogP contribution in [0.4, 0.5) is 0 Å². The fourth-order valence-electron chi connectivity index (χ4n) is 1.72. The van der Waals surface area contributed by atoms with Crippen LogP contribution in [0.15, 0.2) is 30.6 Å². The van der Waals surface area contributed by atoms with Crippen molar-refractivity contribution in [1.82, 2.24) is 9.88 Å². The number of carbonyl (C=O) groups excluding carboxylic acids is 1. The Morgan fingerprint density at radius 2 is 2.26 bits per heavy atom. The predicted octanol–water partition coefficient (Wildman–Crippen LogP) is 3.76. The van der Waals surface area contributed by atoms with Gasteiger partial charge in [-0.2, -0.15) is 0 Å². The molecule has 6 heteroatoms. The number of pyridine rings is 1. The van der Waals surface area contributed by atoms with Crippen molar-refractivity contribution in [2.75, 3.05) is 13.6 Å². The number of Topliss-reactive ketones (excluding diaryl/α,β-unsaturated/α-hetero) is 1. The molecule has 0 aliphatic carbocycles. The SMILES string of the molecule is CN(CC(=O)c1cc(Cl)sc1Cl)Cc1cccnc1. The van der Waals surface area contributed by atoms with Crippen molar-refractivity contribution in [2.24, 2.45) is 0 Å². The zero-order valence-electron chi connectivity index (χ0n) is 10.3. The summed E-state index contributed by atoms with van der Waals surface area (Å²) < 4.78 is 0.980. The number of carbonyl (C=O) groups is 1. The van der Waals surface area contributed by atoms with Crippen molar-refractivity contribution in [3.63, 3.8) is 0 Å². The first-order valence-corrected chi connectivity index (χ1v) is 7.19. The normalized spacial score (nSPS) is 10.9. The number of halogens is 2. The molecule has 0 unspecified atom stereocenters. The Kier molecular flexibility index (Phi) is 4.93. The molecule has 0 saturated heterocycles. The zero-order chi connectivity index (χ0) is 13.8. The molecule has 0 aromatic carbocycles. The molecule has 2 rings (SSSR count). The molecule has 2 aromatic rings. The van der Waals surface area contributed by atoms with Crippen LogP contribution in [0.5, 0.6) is 0 Å². The summed E-state index contributed by atoms with van der Waals surface area (Å²) in [6, 6.07) is 5.47. The summed E-state index contributed by atoms with van der Waals surface area (Å²) >= 11 is 13.0. The molecule has 100 valence electrons. The molecule has 0 spiro atoms. The molecule has 0 radical (unpaired) electrons. The van der Waals surface area contributed by atoms with Gasteiger partial charge in [-0.05, 0) is 24.7 Å². The van der Waals surface area contributed by atoms with E-state index in [2.05, 4.69) is 4.98 Å². The summed E-state index contributed by atoms with van der Waals surface area (Å²) in [6.07, 6.45) is 3.51. The second-order valence-corrected chi connectivity index (χ2v) is 6.48. The summed E-state index contributed by atoms with van der Waals surface area (Å²) in [6.45, 7) is 0.955. The maximum Gasteiger partial charge on any atom is 0.179 e. The van der Waals surface area contributed by atoms with Gasteiger partial charge in [-0.1, -0.05) is 29.3 Å². The quantitative estimate of drug-likeness (QED) is 0.788. The molecule has 0 atom stereocenters. The standard InChI is InChI=1S/C13H12Cl2N2OS/c1-17(7-9-3-2-4-16-6-9)8-11(18)10-5-12(14)19-13(10)15/h2-6H,7-8H2,1H3. The highest BCUT2D eigenvalue weighted by Crippen LogP contribution is 2.31. The van der Waals surface area contributed by atoms with E-state index in [1.165, 1.54) is 11.3 Å². The Labute approximate surface area is 125 Å². The van der Waals surface area contributed by atoms with Gasteiger partial charge in [0.15, 0.2) is 5.78 Å². The largest absolute Gasteiger partial charge is 0.295 e. The van der Waals surface area contributed by atoms with Gasteiger partial charge >= 0.3 is 0 Å². The molecule has 2 aromatic heterocycles. The maximum absolute atomic E-state index is 12.1. The predicted molar refractivity (Wildman–Crippen MR) is 79.2 cm³/mol. The molecular weight excluding hydrogens is 303 g/mol. The van der Waals surface area contributed by atoms with Gasteiger partial charge in [0.1, 0.15) is 4.34 Å². The minimum absolute atomic E-state index is 0.0282. The minimum Gasteiger partial charge on any atom is -0.295 e. The van der Waals surface area contributed by atoms with Crippen molar-refractivity contribution in [1.29, 1.82) is 0 Å². The fraction of sp³-hybridized carbons (Fsp3) is 0.231. The maximum atomic E-state index is 12.1. The van der Waals surface area contributed by atoms with E-state index in [0.717, 1.165) is 5.56 Å². The average Bonchev–Trinajstić information content (AvgIpc) is 2.69. The van der Waals surface area contributed by atoms with E-state index >= 15 is 0 Å². The third-order valence-corrected chi connectivity index (χ3v) is 4.03. The van der Waals surface area contributed by atoms with Crippen LogP contribution in [-0.4, -0.2) is 29.3 Å². The first-order chi connectivity index (χ1) is 9.06. The van der Waals surface area contributed by atoms with Crippen LogP contribution < -0.4 is 0 Å². The molecule has 0 saturated carbocycles. The highest BCUT2D eigenvalue weighted by atomic mass is 35.5. The van der Waals surface area contributed by atoms with Crippen LogP contribution in [0.3, 0.4) is 0 Å². The number of rotatable bonds is 5. The van der Waals surface area contributed by atoms with Gasteiger partial charge in [0.2, 0.25) is 0 Å². The van der Waals surface area contributed by atoms with Crippen LogP contribution in [0.25, 0.3) is 0 Å². The number of thiophene rings is 1. The fourth-order valence-corrected chi connectivity index (χ4v) is 3.22. The van der Waals surface area contributed by atoms with Gasteiger partial charge in [0.25, 0.3) is 0 Å². The summed E-state index contributed by atoms with van der Waals surface area (Å²) in [4.78, 5) is 18.0. The van der Waals surface area contributed by atoms with E-state index < -0.39 is 0 Å². The molecule has 0 fully saturated rings. The van der Waals surface area contributed by atoms with Gasteiger partial charge < -0.3 is 0 Å². The summed E-state index contributed by atoms with van der Waals surface area (Å²) in [5.41, 5.74) is 1.56. The van der Waals surface area contributed by atoms with Gasteiger partial charge in [-0.25, -0.2) is 0 Å². The van der Waals surface area contributed by atoms with Crippen molar-refractivity contribution in [3.05, 3.63) is 50.4 Å². The number of aromatic nitrogens is 1. The van der Waals surface area contributed by atoms with Crippen LogP contribution in [0.1, 0.15) is 15.9 Å². The lowest BCUT2D eigenvalue weighted by Crippen LogP contribution is -2.25. The van der Waals surface area contributed by atoms with Gasteiger partial charge in [0.05, 0.1) is 16.4 Å². The second-order valence-electron chi connectivity index (χ2n) is 4.19. The first kappa shape index (κ1) is 14.5. The Bertz CT molecular complexity index is 571. The second kappa shape index (κ2) is 6.48. The lowest BCUT2D eigenvalue weighted by Gasteiger charge is -2.15. The van der Waals surface area contributed by atoms with E-state index in [9.17, 15) is 4.79 Å². The van der Waals surface area contributed by atoms with E-state index in [0.29, 0.717) is 27.3 Å². The van der Waals surface area contributed by atoms with E-state index in [4.69, 9.17) is 23.2 Å². The summed E-state index contributed by atoms with van der Waals surface area (Å²) in [7, 11) is 1.88. The van der Waals surface area contributed by atoms with E-state index in [1.54, 1.807) is 18.5 Å². The molecule has 0 aliphatic heterocycles. The van der Waals surface area contributed by atoms with Crippen molar-refractivity contribution in [3.8, 4) is 0 Å². The molecule has 0 amide bonds. The lowest BCUT2D eigenvalue weighted by atomic mass is 10.2. The molecular formula is C13H12Cl2N2OS. The van der Waals surface area contributed by atoms with Crippen LogP contribution in [0, 0.1) is 0 Å². The van der Waals surface area contributed by atoms with Crippen molar-refractivity contribution < 1.29 is 4.79 Å². The highest BCUT2D eigenvalue weighted by molar-refractivity contribution is 7.20. The Morgan fingerprint density at radius 1 is 1.47 bits per heavy atom. The van der Waals surface area contributed by atoms with Crippen LogP contribution in [0.2, 0.25) is 8.67 Å². The van der Waals surface area contributed by atoms with Gasteiger partial charge in [-0.15, -0.1) is 11.3 Å². The van der Waals surface area contributed by atoms with Crippen molar-refractivity contribution in [2.45, 2.75) is 6.54 Å². The van der Waals surface area contributed by atoms with Crippen LogP contribution in [-0.2, 0) is 6.54 Å². The highest BCUT2D eigenvalue weighted by Gasteiger charge is 2.16. The smallest absolute Gasteiger partial charge is 0.179 e. The molecule has 2 heterocycles. The number of hydrogen-bond donors (Lipinski definition) is 0. The Hall–Kier alpha value is -0.940. The summed E-state index contributed by atoms with van der Waals surface area (Å²) in [5.74, 6) is -0.0282. The molecule has 0 bridgehead atoms. The number of hydrogen-bond acceptors (Lipinski definition) is 4. The topological polar surface area (TPSA) is 33.2 Å². The Balaban J connectivity index is 1.97. The third kappa shape index (κ3) is 4.01. The van der Waals surface area contributed by atoms with Crippen molar-refractivity contribution >= 4 is 40.3 Å². The summed E-state index contributed by atoms with van der Waals surface area (Å²) in [5, 5.41) is 0. The first-order valence-electron chi connectivity index (χ1n) is 5.61. The third-order valence-electron chi connectivity index (χ3n) is 2.55. The Morgan fingerprint density at radius 3 is 2.84 bits per heavy atom. The lowest BCUT2D eigenvalue weighted by molar-refractivity contribution is 0.0943.